The molecule has 0 atom stereocenters. The fraction of sp³-hybridized carbons (Fsp3) is 0.391. The lowest BCUT2D eigenvalue weighted by atomic mass is 9.89. The van der Waals surface area contributed by atoms with Crippen LogP contribution in [-0.2, 0) is 28.5 Å². The molecule has 7 nitrogen and oxygen atoms in total. The summed E-state index contributed by atoms with van der Waals surface area (Å²) >= 11 is 1.69. The zero-order valence-corrected chi connectivity index (χ0v) is 18.6. The first kappa shape index (κ1) is 21.7. The Bertz CT molecular complexity index is 966. The van der Waals surface area contributed by atoms with Crippen LogP contribution in [0.3, 0.4) is 0 Å². The summed E-state index contributed by atoms with van der Waals surface area (Å²) in [5.74, 6) is -1.38. The molecule has 0 radical (unpaired) electrons. The van der Waals surface area contributed by atoms with E-state index in [9.17, 15) is 9.59 Å². The molecule has 0 spiro atoms. The molecule has 164 valence electrons. The van der Waals surface area contributed by atoms with Crippen molar-refractivity contribution in [2.45, 2.75) is 29.9 Å². The van der Waals surface area contributed by atoms with E-state index in [1.165, 1.54) is 4.90 Å². The van der Waals surface area contributed by atoms with Gasteiger partial charge in [-0.1, -0.05) is 30.0 Å². The summed E-state index contributed by atoms with van der Waals surface area (Å²) < 4.78 is 21.9. The van der Waals surface area contributed by atoms with Crippen molar-refractivity contribution in [3.05, 3.63) is 48.0 Å². The first-order valence-electron chi connectivity index (χ1n) is 10.2. The highest BCUT2D eigenvalue weighted by Crippen LogP contribution is 2.48. The van der Waals surface area contributed by atoms with Crippen molar-refractivity contribution in [3.63, 3.8) is 0 Å². The van der Waals surface area contributed by atoms with Crippen molar-refractivity contribution < 1.29 is 28.5 Å². The Balaban J connectivity index is 1.54. The lowest BCUT2D eigenvalue weighted by molar-refractivity contribution is -0.243. The maximum absolute atomic E-state index is 12.5. The Morgan fingerprint density at radius 1 is 1.00 bits per heavy atom. The van der Waals surface area contributed by atoms with Crippen LogP contribution >= 0.6 is 11.8 Å². The monoisotopic (exact) mass is 443 g/mol. The van der Waals surface area contributed by atoms with Gasteiger partial charge in [0.05, 0.1) is 37.8 Å². The van der Waals surface area contributed by atoms with E-state index in [4.69, 9.17) is 18.9 Å². The number of carbonyl (C=O) groups is 2. The molecule has 2 heterocycles. The normalized spacial score (nSPS) is 17.5. The van der Waals surface area contributed by atoms with Gasteiger partial charge in [-0.3, -0.25) is 9.59 Å². The minimum absolute atomic E-state index is 0.153. The van der Waals surface area contributed by atoms with Crippen molar-refractivity contribution in [1.82, 2.24) is 0 Å². The van der Waals surface area contributed by atoms with E-state index in [1.54, 1.807) is 25.6 Å². The van der Waals surface area contributed by atoms with Gasteiger partial charge in [0, 0.05) is 22.4 Å². The smallest absolute Gasteiger partial charge is 0.328 e. The highest BCUT2D eigenvalue weighted by Gasteiger charge is 2.53. The standard InChI is InChI=1S/C23H25NO6S/c1-4-27-21(25)23(22(26)28-5-2)13-29-20(30-14-23)15-10-11-17-19(12-15)31-18-9-7-6-8-16(18)24(17)3/h6-12,20H,4-5,13-14H2,1-3H3. The second kappa shape index (κ2) is 8.90. The fourth-order valence-electron chi connectivity index (χ4n) is 3.68. The molecule has 1 fully saturated rings. The van der Waals surface area contributed by atoms with E-state index in [1.807, 2.05) is 37.4 Å². The number of hydrogen-bond donors (Lipinski definition) is 0. The molecule has 1 saturated heterocycles. The number of rotatable bonds is 5. The largest absolute Gasteiger partial charge is 0.465 e. The number of carbonyl (C=O) groups excluding carboxylic acids is 2. The maximum atomic E-state index is 12.5. The van der Waals surface area contributed by atoms with Crippen LogP contribution in [0.5, 0.6) is 0 Å². The first-order chi connectivity index (χ1) is 15.0. The van der Waals surface area contributed by atoms with E-state index in [2.05, 4.69) is 17.0 Å². The van der Waals surface area contributed by atoms with Gasteiger partial charge in [-0.15, -0.1) is 0 Å². The predicted molar refractivity (Wildman–Crippen MR) is 115 cm³/mol. The minimum atomic E-state index is -1.61. The average Bonchev–Trinajstić information content (AvgIpc) is 2.79. The number of ether oxygens (including phenoxy) is 4. The van der Waals surface area contributed by atoms with Crippen molar-refractivity contribution in [2.24, 2.45) is 5.41 Å². The molecule has 0 aromatic heterocycles. The van der Waals surface area contributed by atoms with Gasteiger partial charge in [0.1, 0.15) is 0 Å². The van der Waals surface area contributed by atoms with Crippen LogP contribution in [0.4, 0.5) is 11.4 Å². The number of hydrogen-bond acceptors (Lipinski definition) is 8. The van der Waals surface area contributed by atoms with Crippen LogP contribution in [0.2, 0.25) is 0 Å². The summed E-state index contributed by atoms with van der Waals surface area (Å²) in [6.07, 6.45) is -0.689. The second-order valence-corrected chi connectivity index (χ2v) is 8.42. The van der Waals surface area contributed by atoms with Gasteiger partial charge < -0.3 is 23.8 Å². The van der Waals surface area contributed by atoms with Crippen LogP contribution in [-0.4, -0.2) is 45.4 Å². The summed E-state index contributed by atoms with van der Waals surface area (Å²) in [7, 11) is 2.04. The lowest BCUT2D eigenvalue weighted by Gasteiger charge is -2.36. The SMILES string of the molecule is CCOC(=O)C1(C(=O)OCC)COC(c2ccc3c(c2)Sc2ccccc2N3C)OC1. The van der Waals surface area contributed by atoms with Crippen LogP contribution in [0, 0.1) is 5.41 Å². The van der Waals surface area contributed by atoms with Gasteiger partial charge in [-0.05, 0) is 38.1 Å². The Morgan fingerprint density at radius 2 is 1.61 bits per heavy atom. The average molecular weight is 444 g/mol. The highest BCUT2D eigenvalue weighted by atomic mass is 32.2. The number of benzene rings is 2. The van der Waals surface area contributed by atoms with Crippen molar-refractivity contribution in [3.8, 4) is 0 Å². The quantitative estimate of drug-likeness (QED) is 0.506. The lowest BCUT2D eigenvalue weighted by Crippen LogP contribution is -2.52. The van der Waals surface area contributed by atoms with E-state index in [0.717, 1.165) is 21.8 Å². The van der Waals surface area contributed by atoms with E-state index < -0.39 is 23.6 Å². The minimum Gasteiger partial charge on any atom is -0.465 e. The number of esters is 2. The molecule has 2 aliphatic rings. The first-order valence-corrected chi connectivity index (χ1v) is 11.0. The molecule has 0 bridgehead atoms. The molecule has 0 amide bonds. The van der Waals surface area contributed by atoms with E-state index in [-0.39, 0.29) is 26.4 Å². The molecule has 4 rings (SSSR count). The summed E-state index contributed by atoms with van der Waals surface area (Å²) in [6, 6.07) is 14.2. The Morgan fingerprint density at radius 3 is 2.26 bits per heavy atom. The van der Waals surface area contributed by atoms with Gasteiger partial charge >= 0.3 is 11.9 Å². The van der Waals surface area contributed by atoms with E-state index in [0.29, 0.717) is 0 Å². The fourth-order valence-corrected chi connectivity index (χ4v) is 4.88. The molecule has 0 aliphatic carbocycles. The summed E-state index contributed by atoms with van der Waals surface area (Å²) in [5.41, 5.74) is 1.47. The zero-order valence-electron chi connectivity index (χ0n) is 17.8. The summed E-state index contributed by atoms with van der Waals surface area (Å²) in [5, 5.41) is 0. The maximum Gasteiger partial charge on any atom is 0.328 e. The molecule has 2 aromatic carbocycles. The molecular weight excluding hydrogens is 418 g/mol. The third-order valence-corrected chi connectivity index (χ3v) is 6.47. The number of nitrogens with zero attached hydrogens (tertiary/aromatic N) is 1. The number of fused-ring (bicyclic) bond motifs is 2. The van der Waals surface area contributed by atoms with Gasteiger partial charge in [0.15, 0.2) is 6.29 Å². The molecule has 2 aromatic rings. The molecule has 31 heavy (non-hydrogen) atoms. The molecule has 0 unspecified atom stereocenters. The second-order valence-electron chi connectivity index (χ2n) is 7.33. The topological polar surface area (TPSA) is 74.3 Å². The third kappa shape index (κ3) is 3.91. The molecule has 0 N–H and O–H groups in total. The summed E-state index contributed by atoms with van der Waals surface area (Å²) in [6.45, 7) is 3.35. The molecule has 8 heteroatoms. The third-order valence-electron chi connectivity index (χ3n) is 5.36. The Kier molecular flexibility index (Phi) is 6.22. The van der Waals surface area contributed by atoms with Crippen molar-refractivity contribution >= 4 is 35.1 Å². The van der Waals surface area contributed by atoms with Gasteiger partial charge in [0.2, 0.25) is 5.41 Å². The van der Waals surface area contributed by atoms with Crippen LogP contribution in [0.15, 0.2) is 52.3 Å². The van der Waals surface area contributed by atoms with Gasteiger partial charge in [-0.2, -0.15) is 0 Å². The highest BCUT2D eigenvalue weighted by molar-refractivity contribution is 7.99. The molecule has 2 aliphatic heterocycles. The van der Waals surface area contributed by atoms with Gasteiger partial charge in [-0.25, -0.2) is 0 Å². The van der Waals surface area contributed by atoms with Gasteiger partial charge in [0.25, 0.3) is 0 Å². The summed E-state index contributed by atoms with van der Waals surface area (Å²) in [4.78, 5) is 29.5. The predicted octanol–water partition coefficient (Wildman–Crippen LogP) is 4.08. The molecular formula is C23H25NO6S. The number of para-hydroxylation sites is 1. The Hall–Kier alpha value is -2.55. The van der Waals surface area contributed by atoms with Crippen molar-refractivity contribution in [2.75, 3.05) is 38.4 Å². The number of anilines is 2. The Labute approximate surface area is 185 Å². The van der Waals surface area contributed by atoms with E-state index >= 15 is 0 Å². The molecule has 0 saturated carbocycles. The zero-order chi connectivity index (χ0) is 22.0. The van der Waals surface area contributed by atoms with Crippen LogP contribution < -0.4 is 4.90 Å². The van der Waals surface area contributed by atoms with Crippen LogP contribution in [0.1, 0.15) is 25.7 Å². The van der Waals surface area contributed by atoms with Crippen molar-refractivity contribution in [1.29, 1.82) is 0 Å². The van der Waals surface area contributed by atoms with Crippen LogP contribution in [0.25, 0.3) is 0 Å².